The maximum atomic E-state index is 6.67. The van der Waals surface area contributed by atoms with Gasteiger partial charge in [-0.05, 0) is 83.9 Å². The van der Waals surface area contributed by atoms with Crippen molar-refractivity contribution in [3.63, 3.8) is 0 Å². The summed E-state index contributed by atoms with van der Waals surface area (Å²) in [5, 5.41) is 6.87. The highest BCUT2D eigenvalue weighted by Gasteiger charge is 2.22. The number of aromatic nitrogens is 1. The predicted molar refractivity (Wildman–Crippen MR) is 215 cm³/mol. The number of rotatable bonds is 5. The number of hydrogen-bond acceptors (Lipinski definition) is 3. The van der Waals surface area contributed by atoms with E-state index in [1.54, 1.807) is 0 Å². The molecule has 0 saturated heterocycles. The molecule has 4 heteroatoms. The molecule has 3 heterocycles. The lowest BCUT2D eigenvalue weighted by atomic mass is 10.0. The van der Waals surface area contributed by atoms with Crippen molar-refractivity contribution in [1.29, 1.82) is 0 Å². The van der Waals surface area contributed by atoms with Crippen molar-refractivity contribution < 1.29 is 8.83 Å². The van der Waals surface area contributed by atoms with E-state index in [1.807, 2.05) is 24.3 Å². The van der Waals surface area contributed by atoms with Crippen LogP contribution in [0.25, 0.3) is 82.5 Å². The number of furan rings is 2. The van der Waals surface area contributed by atoms with Gasteiger partial charge in [0.25, 0.3) is 0 Å². The average molecular weight is 667 g/mol. The summed E-state index contributed by atoms with van der Waals surface area (Å²) in [6, 6.07) is 64.3. The van der Waals surface area contributed by atoms with Gasteiger partial charge in [0.05, 0.1) is 16.7 Å². The number of anilines is 3. The normalized spacial score (nSPS) is 11.8. The van der Waals surface area contributed by atoms with Crippen LogP contribution < -0.4 is 4.90 Å². The molecule has 4 nitrogen and oxygen atoms in total. The van der Waals surface area contributed by atoms with Crippen molar-refractivity contribution in [3.8, 4) is 16.8 Å². The largest absolute Gasteiger partial charge is 0.456 e. The van der Waals surface area contributed by atoms with E-state index in [0.29, 0.717) is 0 Å². The monoisotopic (exact) mass is 666 g/mol. The Morgan fingerprint density at radius 1 is 0.365 bits per heavy atom. The minimum Gasteiger partial charge on any atom is -0.456 e. The number of fused-ring (bicyclic) bond motifs is 9. The third-order valence-corrected chi connectivity index (χ3v) is 10.4. The van der Waals surface area contributed by atoms with Gasteiger partial charge in [-0.15, -0.1) is 0 Å². The van der Waals surface area contributed by atoms with Gasteiger partial charge in [0.1, 0.15) is 16.7 Å². The van der Waals surface area contributed by atoms with E-state index in [0.717, 1.165) is 83.3 Å². The van der Waals surface area contributed by atoms with E-state index in [9.17, 15) is 0 Å². The first-order valence-corrected chi connectivity index (χ1v) is 17.6. The Morgan fingerprint density at radius 3 is 1.85 bits per heavy atom. The first-order chi connectivity index (χ1) is 25.8. The van der Waals surface area contributed by atoms with Crippen molar-refractivity contribution in [2.45, 2.75) is 0 Å². The summed E-state index contributed by atoms with van der Waals surface area (Å²) >= 11 is 0. The molecule has 0 spiro atoms. The highest BCUT2D eigenvalue weighted by atomic mass is 16.3. The molecule has 0 atom stereocenters. The molecule has 244 valence electrons. The highest BCUT2D eigenvalue weighted by Crippen LogP contribution is 2.45. The molecule has 0 aliphatic carbocycles. The average Bonchev–Trinajstić information content (AvgIpc) is 3.88. The molecule has 0 radical (unpaired) electrons. The molecule has 11 aromatic rings. The number of hydrogen-bond donors (Lipinski definition) is 0. The van der Waals surface area contributed by atoms with Gasteiger partial charge in [0, 0.05) is 49.4 Å². The smallest absolute Gasteiger partial charge is 0.159 e. The van der Waals surface area contributed by atoms with Crippen LogP contribution in [0.1, 0.15) is 0 Å². The first-order valence-electron chi connectivity index (χ1n) is 17.6. The van der Waals surface area contributed by atoms with E-state index < -0.39 is 0 Å². The zero-order valence-corrected chi connectivity index (χ0v) is 28.0. The van der Waals surface area contributed by atoms with Gasteiger partial charge in [-0.2, -0.15) is 0 Å². The lowest BCUT2D eigenvalue weighted by molar-refractivity contribution is 0.669. The zero-order valence-electron chi connectivity index (χ0n) is 28.0. The summed E-state index contributed by atoms with van der Waals surface area (Å²) in [4.78, 5) is 2.33. The fraction of sp³-hybridized carbons (Fsp3) is 0. The van der Waals surface area contributed by atoms with Crippen LogP contribution in [0.4, 0.5) is 17.1 Å². The second-order valence-corrected chi connectivity index (χ2v) is 13.3. The van der Waals surface area contributed by atoms with Gasteiger partial charge < -0.3 is 18.3 Å². The Balaban J connectivity index is 1.15. The molecule has 0 aliphatic rings. The molecular weight excluding hydrogens is 637 g/mol. The maximum absolute atomic E-state index is 6.67. The topological polar surface area (TPSA) is 34.5 Å². The summed E-state index contributed by atoms with van der Waals surface area (Å²) in [5.41, 5.74) is 12.2. The van der Waals surface area contributed by atoms with Gasteiger partial charge in [-0.3, -0.25) is 0 Å². The van der Waals surface area contributed by atoms with Crippen LogP contribution in [-0.2, 0) is 0 Å². The molecule has 0 aliphatic heterocycles. The molecule has 3 aromatic heterocycles. The molecule has 0 fully saturated rings. The quantitative estimate of drug-likeness (QED) is 0.183. The van der Waals surface area contributed by atoms with Crippen LogP contribution in [0.2, 0.25) is 0 Å². The van der Waals surface area contributed by atoms with E-state index in [2.05, 4.69) is 167 Å². The Labute approximate surface area is 299 Å². The van der Waals surface area contributed by atoms with Crippen LogP contribution >= 0.6 is 0 Å². The van der Waals surface area contributed by atoms with Crippen LogP contribution in [0, 0.1) is 0 Å². The van der Waals surface area contributed by atoms with Crippen molar-refractivity contribution in [2.75, 3.05) is 4.90 Å². The summed E-state index contributed by atoms with van der Waals surface area (Å²) in [5.74, 6) is 0. The standard InChI is InChI=1S/C48H30N2O2/c1-2-13-33(14-3-1)50-42-20-7-4-16-36(42)37-27-25-35(30-44(37)50)49(43-21-11-19-41-39-18-6-9-23-46(39)52-48(41)43)34-15-10-12-31(28-34)32-24-26-40-38-17-5-8-22-45(38)51-47(40)29-32/h1-30H. The van der Waals surface area contributed by atoms with Crippen LogP contribution in [-0.4, -0.2) is 4.57 Å². The Bertz CT molecular complexity index is 3150. The third-order valence-electron chi connectivity index (χ3n) is 10.4. The predicted octanol–water partition coefficient (Wildman–Crippen LogP) is 13.7. The van der Waals surface area contributed by atoms with Gasteiger partial charge in [0.2, 0.25) is 0 Å². The molecule has 0 unspecified atom stereocenters. The summed E-state index contributed by atoms with van der Waals surface area (Å²) in [7, 11) is 0. The van der Waals surface area contributed by atoms with E-state index >= 15 is 0 Å². The van der Waals surface area contributed by atoms with Gasteiger partial charge in [-0.25, -0.2) is 0 Å². The van der Waals surface area contributed by atoms with Crippen molar-refractivity contribution in [3.05, 3.63) is 182 Å². The van der Waals surface area contributed by atoms with Crippen molar-refractivity contribution in [2.24, 2.45) is 0 Å². The first kappa shape index (κ1) is 28.8. The summed E-state index contributed by atoms with van der Waals surface area (Å²) < 4.78 is 15.3. The zero-order chi connectivity index (χ0) is 34.2. The SMILES string of the molecule is c1ccc(-n2c3ccccc3c3ccc(N(c4cccc(-c5ccc6c(c5)oc5ccccc56)c4)c4cccc5c4oc4ccccc45)cc32)cc1. The molecule has 0 bridgehead atoms. The lowest BCUT2D eigenvalue weighted by Gasteiger charge is -2.26. The third kappa shape index (κ3) is 4.34. The number of benzene rings is 8. The van der Waals surface area contributed by atoms with Crippen molar-refractivity contribution in [1.82, 2.24) is 4.57 Å². The molecule has 0 saturated carbocycles. The van der Waals surface area contributed by atoms with Crippen LogP contribution in [0.15, 0.2) is 191 Å². The number of nitrogens with zero attached hydrogens (tertiary/aromatic N) is 2. The fourth-order valence-electron chi connectivity index (χ4n) is 8.02. The molecule has 11 rings (SSSR count). The Kier molecular flexibility index (Phi) is 6.22. The molecular formula is C48H30N2O2. The van der Waals surface area contributed by atoms with Gasteiger partial charge in [0.15, 0.2) is 5.58 Å². The molecule has 52 heavy (non-hydrogen) atoms. The van der Waals surface area contributed by atoms with Crippen LogP contribution in [0.3, 0.4) is 0 Å². The minimum absolute atomic E-state index is 0.849. The second kappa shape index (κ2) is 11.2. The fourth-order valence-corrected chi connectivity index (χ4v) is 8.02. The van der Waals surface area contributed by atoms with E-state index in [1.165, 1.54) is 16.3 Å². The summed E-state index contributed by atoms with van der Waals surface area (Å²) in [6.45, 7) is 0. The number of para-hydroxylation sites is 5. The molecule has 0 amide bonds. The van der Waals surface area contributed by atoms with Gasteiger partial charge in [-0.1, -0.05) is 109 Å². The van der Waals surface area contributed by atoms with Crippen molar-refractivity contribution >= 4 is 82.7 Å². The minimum atomic E-state index is 0.849. The molecule has 8 aromatic carbocycles. The van der Waals surface area contributed by atoms with E-state index in [-0.39, 0.29) is 0 Å². The Hall–Kier alpha value is -7.04. The molecule has 0 N–H and O–H groups in total. The summed E-state index contributed by atoms with van der Waals surface area (Å²) in [6.07, 6.45) is 0. The Morgan fingerprint density at radius 2 is 0.981 bits per heavy atom. The maximum Gasteiger partial charge on any atom is 0.159 e. The van der Waals surface area contributed by atoms with E-state index in [4.69, 9.17) is 8.83 Å². The van der Waals surface area contributed by atoms with Crippen LogP contribution in [0.5, 0.6) is 0 Å². The highest BCUT2D eigenvalue weighted by molar-refractivity contribution is 6.13. The lowest BCUT2D eigenvalue weighted by Crippen LogP contribution is -2.10. The second-order valence-electron chi connectivity index (χ2n) is 13.3. The van der Waals surface area contributed by atoms with Gasteiger partial charge >= 0.3 is 0 Å².